The van der Waals surface area contributed by atoms with Crippen molar-refractivity contribution in [1.82, 2.24) is 14.9 Å². The largest absolute Gasteiger partial charge is 0.478 e. The lowest BCUT2D eigenvalue weighted by Crippen LogP contribution is -2.33. The van der Waals surface area contributed by atoms with Crippen molar-refractivity contribution in [3.8, 4) is 0 Å². The van der Waals surface area contributed by atoms with E-state index >= 15 is 0 Å². The number of carbonyl (C=O) groups excluding carboxylic acids is 1. The maximum absolute atomic E-state index is 11.9. The first-order valence-electron chi connectivity index (χ1n) is 6.61. The van der Waals surface area contributed by atoms with Crippen LogP contribution in [-0.2, 0) is 11.3 Å². The standard InChI is InChI=1S/C14H17N3O4/c1-8(2)6-15-12(18)7-17-11-4-3-9(13(19)20)5-10(11)16-14(17)21/h3-5,8H,6-7H2,1-2H3,(H,15,18)(H,16,21)(H,19,20). The SMILES string of the molecule is CC(C)CNC(=O)Cn1c(=O)[nH]c2cc(C(=O)O)ccc21. The van der Waals surface area contributed by atoms with Crippen molar-refractivity contribution in [3.63, 3.8) is 0 Å². The van der Waals surface area contributed by atoms with Crippen molar-refractivity contribution in [1.29, 1.82) is 0 Å². The molecule has 0 bridgehead atoms. The Morgan fingerprint density at radius 3 is 2.71 bits per heavy atom. The van der Waals surface area contributed by atoms with Crippen LogP contribution < -0.4 is 11.0 Å². The molecular weight excluding hydrogens is 274 g/mol. The van der Waals surface area contributed by atoms with Gasteiger partial charge in [0, 0.05) is 6.54 Å². The second-order valence-corrected chi connectivity index (χ2v) is 5.25. The maximum atomic E-state index is 11.9. The van der Waals surface area contributed by atoms with E-state index < -0.39 is 11.7 Å². The average molecular weight is 291 g/mol. The number of carbonyl (C=O) groups is 2. The maximum Gasteiger partial charge on any atom is 0.335 e. The molecule has 0 unspecified atom stereocenters. The summed E-state index contributed by atoms with van der Waals surface area (Å²) in [6.07, 6.45) is 0. The lowest BCUT2D eigenvalue weighted by Gasteiger charge is -2.08. The minimum atomic E-state index is -1.07. The predicted octanol–water partition coefficient (Wildman–Crippen LogP) is 0.800. The van der Waals surface area contributed by atoms with E-state index in [2.05, 4.69) is 10.3 Å². The van der Waals surface area contributed by atoms with E-state index in [-0.39, 0.29) is 18.0 Å². The summed E-state index contributed by atoms with van der Waals surface area (Å²) in [6.45, 7) is 4.40. The Kier molecular flexibility index (Phi) is 4.11. The van der Waals surface area contributed by atoms with Gasteiger partial charge in [0.1, 0.15) is 6.54 Å². The number of carboxylic acid groups (broad SMARTS) is 1. The first kappa shape index (κ1) is 14.8. The molecule has 0 spiro atoms. The molecule has 21 heavy (non-hydrogen) atoms. The van der Waals surface area contributed by atoms with Crippen molar-refractivity contribution in [2.75, 3.05) is 6.54 Å². The van der Waals surface area contributed by atoms with Gasteiger partial charge in [0.2, 0.25) is 5.91 Å². The molecule has 0 radical (unpaired) electrons. The number of amides is 1. The van der Waals surface area contributed by atoms with Crippen LogP contribution in [0.2, 0.25) is 0 Å². The number of H-pyrrole nitrogens is 1. The van der Waals surface area contributed by atoms with E-state index in [9.17, 15) is 14.4 Å². The highest BCUT2D eigenvalue weighted by Crippen LogP contribution is 2.12. The molecule has 7 nitrogen and oxygen atoms in total. The number of hydrogen-bond acceptors (Lipinski definition) is 3. The summed E-state index contributed by atoms with van der Waals surface area (Å²) in [5, 5.41) is 11.7. The van der Waals surface area contributed by atoms with E-state index in [4.69, 9.17) is 5.11 Å². The van der Waals surface area contributed by atoms with Gasteiger partial charge in [-0.3, -0.25) is 9.36 Å². The fourth-order valence-electron chi connectivity index (χ4n) is 1.97. The first-order valence-corrected chi connectivity index (χ1v) is 6.61. The number of aromatic amines is 1. The van der Waals surface area contributed by atoms with Gasteiger partial charge in [0.15, 0.2) is 0 Å². The summed E-state index contributed by atoms with van der Waals surface area (Å²) in [5.41, 5.74) is 0.550. The van der Waals surface area contributed by atoms with Crippen LogP contribution in [0.15, 0.2) is 23.0 Å². The van der Waals surface area contributed by atoms with Gasteiger partial charge in [0.05, 0.1) is 16.6 Å². The van der Waals surface area contributed by atoms with E-state index in [1.54, 1.807) is 0 Å². The number of nitrogens with zero attached hydrogens (tertiary/aromatic N) is 1. The number of imidazole rings is 1. The summed E-state index contributed by atoms with van der Waals surface area (Å²) >= 11 is 0. The Bertz CT molecular complexity index is 742. The summed E-state index contributed by atoms with van der Waals surface area (Å²) in [4.78, 5) is 37.1. The quantitative estimate of drug-likeness (QED) is 0.757. The van der Waals surface area contributed by atoms with Crippen molar-refractivity contribution >= 4 is 22.9 Å². The van der Waals surface area contributed by atoms with Gasteiger partial charge in [-0.2, -0.15) is 0 Å². The smallest absolute Gasteiger partial charge is 0.335 e. The third kappa shape index (κ3) is 3.31. The normalized spacial score (nSPS) is 11.0. The molecule has 1 heterocycles. The lowest BCUT2D eigenvalue weighted by atomic mass is 10.2. The van der Waals surface area contributed by atoms with Crippen LogP contribution in [0.5, 0.6) is 0 Å². The van der Waals surface area contributed by atoms with Crippen molar-refractivity contribution in [2.45, 2.75) is 20.4 Å². The molecule has 2 aromatic rings. The molecule has 1 amide bonds. The van der Waals surface area contributed by atoms with Crippen LogP contribution in [0.4, 0.5) is 0 Å². The highest BCUT2D eigenvalue weighted by atomic mass is 16.4. The highest BCUT2D eigenvalue weighted by Gasteiger charge is 2.12. The fraction of sp³-hybridized carbons (Fsp3) is 0.357. The molecule has 0 fully saturated rings. The monoisotopic (exact) mass is 291 g/mol. The second-order valence-electron chi connectivity index (χ2n) is 5.25. The molecule has 1 aromatic carbocycles. The topological polar surface area (TPSA) is 104 Å². The van der Waals surface area contributed by atoms with E-state index in [0.29, 0.717) is 23.5 Å². The third-order valence-corrected chi connectivity index (χ3v) is 3.03. The molecule has 7 heteroatoms. The van der Waals surface area contributed by atoms with Crippen molar-refractivity contribution < 1.29 is 14.7 Å². The zero-order chi connectivity index (χ0) is 15.6. The van der Waals surface area contributed by atoms with Crippen LogP contribution >= 0.6 is 0 Å². The third-order valence-electron chi connectivity index (χ3n) is 3.03. The number of nitrogens with one attached hydrogen (secondary N) is 2. The van der Waals surface area contributed by atoms with Gasteiger partial charge in [-0.25, -0.2) is 9.59 Å². The minimum Gasteiger partial charge on any atom is -0.478 e. The molecule has 0 aliphatic rings. The minimum absolute atomic E-state index is 0.0835. The number of fused-ring (bicyclic) bond motifs is 1. The Morgan fingerprint density at radius 2 is 2.10 bits per heavy atom. The predicted molar refractivity (Wildman–Crippen MR) is 77.4 cm³/mol. The molecule has 0 aliphatic heterocycles. The zero-order valence-electron chi connectivity index (χ0n) is 11.8. The Hall–Kier alpha value is -2.57. The number of aromatic nitrogens is 2. The Morgan fingerprint density at radius 1 is 1.38 bits per heavy atom. The molecule has 1 aromatic heterocycles. The van der Waals surface area contributed by atoms with Crippen LogP contribution in [0.25, 0.3) is 11.0 Å². The van der Waals surface area contributed by atoms with Crippen molar-refractivity contribution in [2.24, 2.45) is 5.92 Å². The van der Waals surface area contributed by atoms with Gasteiger partial charge in [-0.15, -0.1) is 0 Å². The molecular formula is C14H17N3O4. The molecule has 3 N–H and O–H groups in total. The molecule has 0 aliphatic carbocycles. The van der Waals surface area contributed by atoms with Gasteiger partial charge in [-0.1, -0.05) is 13.8 Å². The molecule has 112 valence electrons. The van der Waals surface area contributed by atoms with Gasteiger partial charge < -0.3 is 15.4 Å². The van der Waals surface area contributed by atoms with Crippen LogP contribution in [0, 0.1) is 5.92 Å². The number of aromatic carboxylic acids is 1. The number of rotatable bonds is 5. The summed E-state index contributed by atoms with van der Waals surface area (Å²) in [6, 6.07) is 4.30. The number of benzene rings is 1. The molecule has 0 saturated carbocycles. The summed E-state index contributed by atoms with van der Waals surface area (Å²) in [5.74, 6) is -0.999. The zero-order valence-corrected chi connectivity index (χ0v) is 11.8. The summed E-state index contributed by atoms with van der Waals surface area (Å²) in [7, 11) is 0. The number of carboxylic acids is 1. The molecule has 0 saturated heterocycles. The van der Waals surface area contributed by atoms with E-state index in [0.717, 1.165) is 0 Å². The second kappa shape index (κ2) is 5.82. The van der Waals surface area contributed by atoms with E-state index in [1.165, 1.54) is 22.8 Å². The highest BCUT2D eigenvalue weighted by molar-refractivity contribution is 5.92. The van der Waals surface area contributed by atoms with Gasteiger partial charge in [-0.05, 0) is 24.1 Å². The van der Waals surface area contributed by atoms with Gasteiger partial charge >= 0.3 is 11.7 Å². The van der Waals surface area contributed by atoms with Crippen LogP contribution in [0.3, 0.4) is 0 Å². The summed E-state index contributed by atoms with van der Waals surface area (Å²) < 4.78 is 1.29. The Labute approximate surface area is 120 Å². The van der Waals surface area contributed by atoms with Gasteiger partial charge in [0.25, 0.3) is 0 Å². The van der Waals surface area contributed by atoms with Crippen LogP contribution in [-0.4, -0.2) is 33.1 Å². The molecule has 0 atom stereocenters. The van der Waals surface area contributed by atoms with Crippen LogP contribution in [0.1, 0.15) is 24.2 Å². The lowest BCUT2D eigenvalue weighted by molar-refractivity contribution is -0.121. The fourth-order valence-corrected chi connectivity index (χ4v) is 1.97. The van der Waals surface area contributed by atoms with Crippen molar-refractivity contribution in [3.05, 3.63) is 34.2 Å². The first-order chi connectivity index (χ1) is 9.88. The molecule has 2 rings (SSSR count). The number of hydrogen-bond donors (Lipinski definition) is 3. The average Bonchev–Trinajstić information content (AvgIpc) is 2.72. The Balaban J connectivity index is 2.28. The van der Waals surface area contributed by atoms with E-state index in [1.807, 2.05) is 13.8 Å².